The summed E-state index contributed by atoms with van der Waals surface area (Å²) in [6.45, 7) is 14.8. The van der Waals surface area contributed by atoms with E-state index in [4.69, 9.17) is 0 Å². The Morgan fingerprint density at radius 1 is 1.15 bits per heavy atom. The van der Waals surface area contributed by atoms with Crippen LogP contribution in [0.5, 0.6) is 0 Å². The second-order valence-corrected chi connectivity index (χ2v) is 8.12. The molecule has 0 spiro atoms. The summed E-state index contributed by atoms with van der Waals surface area (Å²) in [5.74, 6) is 1.84. The Morgan fingerprint density at radius 3 is 2.23 bits per heavy atom. The van der Waals surface area contributed by atoms with Gasteiger partial charge in [-0.2, -0.15) is 0 Å². The van der Waals surface area contributed by atoms with Crippen LogP contribution in [0.3, 0.4) is 0 Å². The number of thioether (sulfide) groups is 1. The molecule has 1 heterocycles. The van der Waals surface area contributed by atoms with Crippen LogP contribution in [0.4, 0.5) is 4.79 Å². The molecule has 26 heavy (non-hydrogen) atoms. The predicted molar refractivity (Wildman–Crippen MR) is 118 cm³/mol. The molecule has 0 unspecified atom stereocenters. The van der Waals surface area contributed by atoms with Crippen LogP contribution in [0.2, 0.25) is 0 Å². The van der Waals surface area contributed by atoms with E-state index in [0.717, 1.165) is 57.5 Å². The highest BCUT2D eigenvalue weighted by atomic mass is 32.2. The summed E-state index contributed by atoms with van der Waals surface area (Å²) >= 11 is 1.91. The summed E-state index contributed by atoms with van der Waals surface area (Å²) < 4.78 is 0. The zero-order valence-electron chi connectivity index (χ0n) is 17.8. The molecule has 0 atom stereocenters. The number of hydrogen-bond donors (Lipinski definition) is 0. The average molecular weight is 384 g/mol. The van der Waals surface area contributed by atoms with E-state index in [1.54, 1.807) is 0 Å². The summed E-state index contributed by atoms with van der Waals surface area (Å²) in [7, 11) is 1.90. The maximum Gasteiger partial charge on any atom is 0.319 e. The highest BCUT2D eigenvalue weighted by Crippen LogP contribution is 2.28. The van der Waals surface area contributed by atoms with Crippen molar-refractivity contribution in [2.24, 2.45) is 10.9 Å². The molecular formula is C21H41N3OS. The van der Waals surface area contributed by atoms with Gasteiger partial charge in [-0.15, -0.1) is 11.8 Å². The van der Waals surface area contributed by atoms with Crippen molar-refractivity contribution in [3.8, 4) is 0 Å². The maximum atomic E-state index is 12.2. The lowest BCUT2D eigenvalue weighted by Gasteiger charge is -2.34. The Bertz CT molecular complexity index is 402. The fourth-order valence-corrected chi connectivity index (χ4v) is 3.99. The summed E-state index contributed by atoms with van der Waals surface area (Å²) in [4.78, 5) is 21.3. The number of urea groups is 1. The number of carbonyl (C=O) groups excluding carboxylic acids is 1. The van der Waals surface area contributed by atoms with Crippen molar-refractivity contribution in [1.82, 2.24) is 9.80 Å². The Balaban J connectivity index is 0.00000141. The third kappa shape index (κ3) is 10.9. The lowest BCUT2D eigenvalue weighted by molar-refractivity contribution is 0.144. The molecule has 0 aliphatic carbocycles. The lowest BCUT2D eigenvalue weighted by Crippen LogP contribution is -2.45. The van der Waals surface area contributed by atoms with Crippen LogP contribution in [0.1, 0.15) is 72.6 Å². The van der Waals surface area contributed by atoms with Crippen molar-refractivity contribution < 1.29 is 4.79 Å². The molecule has 0 aromatic rings. The third-order valence-electron chi connectivity index (χ3n) is 4.51. The molecule has 0 aromatic carbocycles. The van der Waals surface area contributed by atoms with Crippen LogP contribution >= 0.6 is 11.8 Å². The summed E-state index contributed by atoms with van der Waals surface area (Å²) in [6, 6.07) is 0.190. The average Bonchev–Trinajstić information content (AvgIpc) is 2.66. The highest BCUT2D eigenvalue weighted by molar-refractivity contribution is 8.03. The van der Waals surface area contributed by atoms with Gasteiger partial charge in [-0.05, 0) is 38.3 Å². The zero-order valence-corrected chi connectivity index (χ0v) is 18.6. The fourth-order valence-electron chi connectivity index (χ4n) is 2.71. The molecule has 152 valence electrons. The topological polar surface area (TPSA) is 35.9 Å². The number of allylic oxidation sites excluding steroid dienone is 1. The Hall–Kier alpha value is -0.970. The molecule has 5 heteroatoms. The molecule has 1 fully saturated rings. The molecule has 0 aromatic heterocycles. The number of carbonyl (C=O) groups is 1. The molecule has 1 rings (SSSR count). The van der Waals surface area contributed by atoms with E-state index in [-0.39, 0.29) is 6.03 Å². The van der Waals surface area contributed by atoms with E-state index in [9.17, 15) is 4.79 Å². The van der Waals surface area contributed by atoms with Gasteiger partial charge in [-0.3, -0.25) is 4.99 Å². The first kappa shape index (κ1) is 25.0. The number of hydrogen-bond acceptors (Lipinski definition) is 3. The zero-order chi connectivity index (χ0) is 19.8. The first-order chi connectivity index (χ1) is 12.5. The number of likely N-dealkylation sites (tertiary alicyclic amines) is 1. The van der Waals surface area contributed by atoms with Crippen LogP contribution in [-0.4, -0.2) is 55.0 Å². The van der Waals surface area contributed by atoms with E-state index in [0.29, 0.717) is 5.92 Å². The highest BCUT2D eigenvalue weighted by Gasteiger charge is 2.24. The van der Waals surface area contributed by atoms with Crippen LogP contribution in [0.15, 0.2) is 16.1 Å². The number of rotatable bonds is 9. The molecule has 0 saturated carbocycles. The van der Waals surface area contributed by atoms with Crippen LogP contribution in [0.25, 0.3) is 0 Å². The second-order valence-electron chi connectivity index (χ2n) is 6.97. The predicted octanol–water partition coefficient (Wildman–Crippen LogP) is 6.04. The van der Waals surface area contributed by atoms with Crippen LogP contribution < -0.4 is 0 Å². The quantitative estimate of drug-likeness (QED) is 0.455. The van der Waals surface area contributed by atoms with Gasteiger partial charge in [0.15, 0.2) is 0 Å². The van der Waals surface area contributed by atoms with Crippen LogP contribution in [0, 0.1) is 5.92 Å². The molecule has 4 nitrogen and oxygen atoms in total. The summed E-state index contributed by atoms with van der Waals surface area (Å²) in [5.41, 5.74) is 0. The first-order valence-electron chi connectivity index (χ1n) is 10.3. The fraction of sp³-hybridized carbons (Fsp3) is 0.810. The minimum Gasteiger partial charge on any atom is -0.328 e. The molecule has 1 aliphatic rings. The number of piperidine rings is 1. The molecule has 0 N–H and O–H groups in total. The van der Waals surface area contributed by atoms with Gasteiger partial charge in [0, 0.05) is 43.5 Å². The normalized spacial score (nSPS) is 15.3. The van der Waals surface area contributed by atoms with Gasteiger partial charge >= 0.3 is 6.03 Å². The van der Waals surface area contributed by atoms with Crippen LogP contribution in [-0.2, 0) is 0 Å². The van der Waals surface area contributed by atoms with Crippen molar-refractivity contribution in [3.05, 3.63) is 11.1 Å². The standard InChI is InChI=1S/C17H31N3OS.C4H10/c1-5-7-16(13-18-3)22-14-15-8-11-20(12-9-15)17(21)19(4)10-6-2;1-3-4-2/h13,15H,3,5-12,14H2,1-2,4H3;3-4H2,1-2H3/b16-13-;. The second kappa shape index (κ2) is 16.2. The van der Waals surface area contributed by atoms with Gasteiger partial charge in [-0.25, -0.2) is 4.79 Å². The van der Waals surface area contributed by atoms with Crippen molar-refractivity contribution in [2.45, 2.75) is 72.6 Å². The van der Waals surface area contributed by atoms with E-state index in [2.05, 4.69) is 39.4 Å². The van der Waals surface area contributed by atoms with Crippen molar-refractivity contribution in [2.75, 3.05) is 32.4 Å². The van der Waals surface area contributed by atoms with E-state index in [1.807, 2.05) is 34.8 Å². The monoisotopic (exact) mass is 383 g/mol. The van der Waals surface area contributed by atoms with Gasteiger partial charge in [0.1, 0.15) is 0 Å². The van der Waals surface area contributed by atoms with Gasteiger partial charge in [0.2, 0.25) is 0 Å². The Morgan fingerprint density at radius 2 is 1.77 bits per heavy atom. The van der Waals surface area contributed by atoms with Gasteiger partial charge in [-0.1, -0.05) is 47.0 Å². The minimum atomic E-state index is 0.190. The molecule has 1 aliphatic heterocycles. The third-order valence-corrected chi connectivity index (χ3v) is 5.83. The molecule has 0 radical (unpaired) electrons. The van der Waals surface area contributed by atoms with Crippen molar-refractivity contribution in [1.29, 1.82) is 0 Å². The van der Waals surface area contributed by atoms with Gasteiger partial charge in [0.25, 0.3) is 0 Å². The molecule has 2 amide bonds. The van der Waals surface area contributed by atoms with Crippen molar-refractivity contribution in [3.63, 3.8) is 0 Å². The van der Waals surface area contributed by atoms with Gasteiger partial charge in [0.05, 0.1) is 0 Å². The summed E-state index contributed by atoms with van der Waals surface area (Å²) in [6.07, 6.45) is 10.00. The Labute approximate surface area is 166 Å². The minimum absolute atomic E-state index is 0.190. The number of nitrogens with zero attached hydrogens (tertiary/aromatic N) is 3. The SMILES string of the molecule is C=N/C=C(/CCC)SCC1CCN(C(=O)N(C)CCC)CC1.CCCC. The summed E-state index contributed by atoms with van der Waals surface area (Å²) in [5, 5.41) is 0. The smallest absolute Gasteiger partial charge is 0.319 e. The van der Waals surface area contributed by atoms with E-state index >= 15 is 0 Å². The molecular weight excluding hydrogens is 342 g/mol. The van der Waals surface area contributed by atoms with E-state index in [1.165, 1.54) is 17.7 Å². The largest absolute Gasteiger partial charge is 0.328 e. The lowest BCUT2D eigenvalue weighted by atomic mass is 9.99. The van der Waals surface area contributed by atoms with E-state index < -0.39 is 0 Å². The first-order valence-corrected chi connectivity index (χ1v) is 11.3. The number of aliphatic imine (C=N–C) groups is 1. The van der Waals surface area contributed by atoms with Gasteiger partial charge < -0.3 is 9.80 Å². The number of amides is 2. The molecule has 1 saturated heterocycles. The number of unbranched alkanes of at least 4 members (excludes halogenated alkanes) is 1. The maximum absolute atomic E-state index is 12.2. The molecule has 0 bridgehead atoms. The van der Waals surface area contributed by atoms with Crippen molar-refractivity contribution >= 4 is 24.5 Å². The Kier molecular flexibility index (Phi) is 15.6.